The van der Waals surface area contributed by atoms with Gasteiger partial charge in [0.05, 0.1) is 17.5 Å². The topological polar surface area (TPSA) is 50.4 Å². The van der Waals surface area contributed by atoms with Gasteiger partial charge in [-0.2, -0.15) is 0 Å². The Morgan fingerprint density at radius 1 is 1.04 bits per heavy atom. The van der Waals surface area contributed by atoms with Gasteiger partial charge in [0, 0.05) is 13.0 Å². The molecule has 2 aromatic carbocycles. The van der Waals surface area contributed by atoms with E-state index in [1.54, 1.807) is 24.3 Å². The summed E-state index contributed by atoms with van der Waals surface area (Å²) in [5.74, 6) is -3.89. The van der Waals surface area contributed by atoms with Crippen molar-refractivity contribution in [2.75, 3.05) is 17.2 Å². The van der Waals surface area contributed by atoms with E-state index in [0.29, 0.717) is 11.4 Å². The van der Waals surface area contributed by atoms with Crippen LogP contribution in [0, 0.1) is 17.5 Å². The van der Waals surface area contributed by atoms with Gasteiger partial charge in [0.2, 0.25) is 5.91 Å². The molecule has 0 aliphatic rings. The fourth-order valence-electron chi connectivity index (χ4n) is 2.11. The van der Waals surface area contributed by atoms with Crippen LogP contribution in [0.25, 0.3) is 0 Å². The molecule has 0 aromatic heterocycles. The first kappa shape index (κ1) is 18.6. The molecule has 0 heterocycles. The fraction of sp³-hybridized carbons (Fsp3) is 0.278. The Hall–Kier alpha value is -2.70. The van der Waals surface area contributed by atoms with Gasteiger partial charge in [-0.05, 0) is 38.1 Å². The van der Waals surface area contributed by atoms with Crippen molar-refractivity contribution >= 4 is 17.3 Å². The number of ether oxygens (including phenoxy) is 1. The predicted molar refractivity (Wildman–Crippen MR) is 90.3 cm³/mol. The average molecular weight is 352 g/mol. The molecule has 0 spiro atoms. The molecule has 2 rings (SSSR count). The number of hydrogen-bond donors (Lipinski definition) is 2. The third-order valence-electron chi connectivity index (χ3n) is 3.23. The summed E-state index contributed by atoms with van der Waals surface area (Å²) in [5.41, 5.74) is 0.329. The van der Waals surface area contributed by atoms with Crippen LogP contribution in [0.4, 0.5) is 24.5 Å². The second-order valence-electron chi connectivity index (χ2n) is 5.61. The lowest BCUT2D eigenvalue weighted by Gasteiger charge is -2.15. The van der Waals surface area contributed by atoms with Gasteiger partial charge < -0.3 is 15.4 Å². The number of hydrogen-bond acceptors (Lipinski definition) is 3. The third kappa shape index (κ3) is 5.14. The lowest BCUT2D eigenvalue weighted by molar-refractivity contribution is -0.116. The van der Waals surface area contributed by atoms with Crippen molar-refractivity contribution in [2.24, 2.45) is 0 Å². The van der Waals surface area contributed by atoms with Crippen LogP contribution in [0.5, 0.6) is 5.75 Å². The highest BCUT2D eigenvalue weighted by atomic mass is 19.2. The number of rotatable bonds is 7. The number of carbonyl (C=O) groups is 1. The molecule has 1 amide bonds. The highest BCUT2D eigenvalue weighted by Crippen LogP contribution is 2.25. The first-order chi connectivity index (χ1) is 11.9. The zero-order valence-corrected chi connectivity index (χ0v) is 13.9. The van der Waals surface area contributed by atoms with Crippen LogP contribution in [0.3, 0.4) is 0 Å². The van der Waals surface area contributed by atoms with E-state index in [1.807, 2.05) is 13.8 Å². The smallest absolute Gasteiger partial charge is 0.226 e. The zero-order chi connectivity index (χ0) is 18.4. The molecule has 0 saturated heterocycles. The Labute approximate surface area is 144 Å². The molecule has 25 heavy (non-hydrogen) atoms. The lowest BCUT2D eigenvalue weighted by Crippen LogP contribution is -2.18. The maximum absolute atomic E-state index is 13.5. The minimum absolute atomic E-state index is 0.00838. The number of anilines is 2. The Bertz CT molecular complexity index is 751. The van der Waals surface area contributed by atoms with E-state index >= 15 is 0 Å². The van der Waals surface area contributed by atoms with E-state index in [2.05, 4.69) is 10.6 Å². The average Bonchev–Trinajstić information content (AvgIpc) is 2.56. The number of nitrogens with one attached hydrogen (secondary N) is 2. The molecule has 0 atom stereocenters. The molecule has 0 aliphatic heterocycles. The second-order valence-corrected chi connectivity index (χ2v) is 5.61. The van der Waals surface area contributed by atoms with Crippen LogP contribution in [-0.4, -0.2) is 18.6 Å². The molecule has 0 bridgehead atoms. The van der Waals surface area contributed by atoms with Gasteiger partial charge in [0.15, 0.2) is 17.5 Å². The predicted octanol–water partition coefficient (Wildman–Crippen LogP) is 4.33. The first-order valence-corrected chi connectivity index (χ1v) is 7.81. The quantitative estimate of drug-likeness (QED) is 0.729. The summed E-state index contributed by atoms with van der Waals surface area (Å²) in [6.45, 7) is 3.80. The summed E-state index contributed by atoms with van der Waals surface area (Å²) < 4.78 is 45.1. The van der Waals surface area contributed by atoms with E-state index in [9.17, 15) is 18.0 Å². The van der Waals surface area contributed by atoms with Crippen LogP contribution in [0.2, 0.25) is 0 Å². The van der Waals surface area contributed by atoms with Crippen molar-refractivity contribution in [1.82, 2.24) is 0 Å². The minimum atomic E-state index is -1.55. The molecule has 0 radical (unpaired) electrons. The molecule has 7 heteroatoms. The second kappa shape index (κ2) is 8.41. The molecular formula is C18H19F3N2O2. The van der Waals surface area contributed by atoms with Crippen LogP contribution in [0.1, 0.15) is 20.3 Å². The number of carbonyl (C=O) groups excluding carboxylic acids is 1. The minimum Gasteiger partial charge on any atom is -0.489 e. The Kier molecular flexibility index (Phi) is 6.27. The van der Waals surface area contributed by atoms with Gasteiger partial charge in [0.25, 0.3) is 0 Å². The number of para-hydroxylation sites is 2. The van der Waals surface area contributed by atoms with E-state index < -0.39 is 17.5 Å². The molecule has 134 valence electrons. The van der Waals surface area contributed by atoms with E-state index in [1.165, 1.54) is 0 Å². The van der Waals surface area contributed by atoms with E-state index in [4.69, 9.17) is 4.74 Å². The van der Waals surface area contributed by atoms with Gasteiger partial charge in [-0.1, -0.05) is 12.1 Å². The van der Waals surface area contributed by atoms with Crippen molar-refractivity contribution in [2.45, 2.75) is 26.4 Å². The molecule has 4 nitrogen and oxygen atoms in total. The highest BCUT2D eigenvalue weighted by molar-refractivity contribution is 5.92. The molecule has 0 aliphatic carbocycles. The molecule has 0 fully saturated rings. The lowest BCUT2D eigenvalue weighted by atomic mass is 10.2. The SMILES string of the molecule is CC(C)Oc1ccccc1NC(=O)CCNc1ccc(F)c(F)c1F. The third-order valence-corrected chi connectivity index (χ3v) is 3.23. The number of amides is 1. The maximum atomic E-state index is 13.5. The standard InChI is InChI=1S/C18H19F3N2O2/c1-11(2)25-15-6-4-3-5-13(15)23-16(24)9-10-22-14-8-7-12(19)17(20)18(14)21/h3-8,11,22H,9-10H2,1-2H3,(H,23,24). The van der Waals surface area contributed by atoms with Crippen LogP contribution < -0.4 is 15.4 Å². The van der Waals surface area contributed by atoms with Crippen LogP contribution in [0.15, 0.2) is 36.4 Å². The monoisotopic (exact) mass is 352 g/mol. The van der Waals surface area contributed by atoms with Gasteiger partial charge in [0.1, 0.15) is 5.75 Å². The summed E-state index contributed by atoms with van der Waals surface area (Å²) in [5, 5.41) is 5.28. The van der Waals surface area contributed by atoms with Gasteiger partial charge in [-0.3, -0.25) is 4.79 Å². The number of benzene rings is 2. The van der Waals surface area contributed by atoms with Gasteiger partial charge >= 0.3 is 0 Å². The van der Waals surface area contributed by atoms with Crippen molar-refractivity contribution in [3.63, 3.8) is 0 Å². The van der Waals surface area contributed by atoms with Crippen LogP contribution in [-0.2, 0) is 4.79 Å². The van der Waals surface area contributed by atoms with Crippen molar-refractivity contribution in [3.8, 4) is 5.75 Å². The van der Waals surface area contributed by atoms with Crippen molar-refractivity contribution < 1.29 is 22.7 Å². The molecule has 0 unspecified atom stereocenters. The molecule has 0 saturated carbocycles. The fourth-order valence-corrected chi connectivity index (χ4v) is 2.11. The normalized spacial score (nSPS) is 10.6. The zero-order valence-electron chi connectivity index (χ0n) is 13.9. The molecule has 2 N–H and O–H groups in total. The van der Waals surface area contributed by atoms with Gasteiger partial charge in [-0.15, -0.1) is 0 Å². The van der Waals surface area contributed by atoms with E-state index in [0.717, 1.165) is 12.1 Å². The Balaban J connectivity index is 1.91. The highest BCUT2D eigenvalue weighted by Gasteiger charge is 2.13. The Morgan fingerprint density at radius 3 is 2.48 bits per heavy atom. The summed E-state index contributed by atoms with van der Waals surface area (Å²) in [7, 11) is 0. The largest absolute Gasteiger partial charge is 0.489 e. The Morgan fingerprint density at radius 2 is 1.76 bits per heavy atom. The van der Waals surface area contributed by atoms with Gasteiger partial charge in [-0.25, -0.2) is 13.2 Å². The first-order valence-electron chi connectivity index (χ1n) is 7.81. The summed E-state index contributed by atoms with van der Waals surface area (Å²) in [6, 6.07) is 8.90. The van der Waals surface area contributed by atoms with Crippen molar-refractivity contribution in [3.05, 3.63) is 53.8 Å². The summed E-state index contributed by atoms with van der Waals surface area (Å²) >= 11 is 0. The van der Waals surface area contributed by atoms with Crippen molar-refractivity contribution in [1.29, 1.82) is 0 Å². The number of halogens is 3. The van der Waals surface area contributed by atoms with E-state index in [-0.39, 0.29) is 30.7 Å². The summed E-state index contributed by atoms with van der Waals surface area (Å²) in [6.07, 6.45) is -0.0369. The summed E-state index contributed by atoms with van der Waals surface area (Å²) in [4.78, 5) is 12.0. The molecular weight excluding hydrogens is 333 g/mol. The molecule has 2 aromatic rings. The maximum Gasteiger partial charge on any atom is 0.226 e. The van der Waals surface area contributed by atoms with Crippen LogP contribution >= 0.6 is 0 Å².